The van der Waals surface area contributed by atoms with Gasteiger partial charge in [0.1, 0.15) is 0 Å². The summed E-state index contributed by atoms with van der Waals surface area (Å²) in [5.41, 5.74) is 3.33. The van der Waals surface area contributed by atoms with E-state index >= 15 is 0 Å². The van der Waals surface area contributed by atoms with Crippen LogP contribution in [0.1, 0.15) is 47.9 Å². The van der Waals surface area contributed by atoms with Crippen LogP contribution < -0.4 is 0 Å². The second kappa shape index (κ2) is 3.81. The topological polar surface area (TPSA) is 25.8 Å². The molecule has 0 aliphatic heterocycles. The van der Waals surface area contributed by atoms with E-state index in [2.05, 4.69) is 24.9 Å². The Morgan fingerprint density at radius 2 is 1.94 bits per heavy atom. The Hall–Kier alpha value is -0.960. The Morgan fingerprint density at radius 1 is 1.19 bits per heavy atom. The molecule has 3 rings (SSSR count). The summed E-state index contributed by atoms with van der Waals surface area (Å²) in [5, 5.41) is 1.31. The first kappa shape index (κ1) is 10.2. The van der Waals surface area contributed by atoms with Gasteiger partial charge in [0.05, 0.1) is 9.71 Å². The van der Waals surface area contributed by atoms with Crippen molar-refractivity contribution in [1.82, 2.24) is 9.97 Å². The van der Waals surface area contributed by atoms with E-state index in [1.165, 1.54) is 41.0 Å². The Balaban J connectivity index is 2.08. The largest absolute Gasteiger partial charge is 0.232 e. The van der Waals surface area contributed by atoms with Crippen molar-refractivity contribution in [2.45, 2.75) is 45.4 Å². The van der Waals surface area contributed by atoms with Crippen LogP contribution in [0, 0.1) is 13.8 Å². The van der Waals surface area contributed by atoms with Crippen LogP contribution in [-0.2, 0) is 0 Å². The summed E-state index contributed by atoms with van der Waals surface area (Å²) in [6, 6.07) is 2.23. The van der Waals surface area contributed by atoms with Crippen LogP contribution >= 0.6 is 11.3 Å². The van der Waals surface area contributed by atoms with Gasteiger partial charge in [0.2, 0.25) is 0 Å². The summed E-state index contributed by atoms with van der Waals surface area (Å²) in [4.78, 5) is 9.27. The van der Waals surface area contributed by atoms with Gasteiger partial charge in [0.15, 0.2) is 5.65 Å². The van der Waals surface area contributed by atoms with E-state index in [9.17, 15) is 0 Å². The molecule has 2 nitrogen and oxygen atoms in total. The lowest BCUT2D eigenvalue weighted by atomic mass is 10.1. The van der Waals surface area contributed by atoms with E-state index in [-0.39, 0.29) is 0 Å². The second-order valence-corrected chi connectivity index (χ2v) is 5.81. The molecule has 2 aromatic heterocycles. The zero-order valence-electron chi connectivity index (χ0n) is 9.79. The van der Waals surface area contributed by atoms with Gasteiger partial charge in [-0.2, -0.15) is 0 Å². The Bertz CT molecular complexity index is 485. The summed E-state index contributed by atoms with van der Waals surface area (Å²) in [7, 11) is 0. The fourth-order valence-corrected chi connectivity index (χ4v) is 3.59. The van der Waals surface area contributed by atoms with Crippen LogP contribution in [0.2, 0.25) is 0 Å². The molecule has 0 spiro atoms. The van der Waals surface area contributed by atoms with Gasteiger partial charge in [-0.15, -0.1) is 11.3 Å². The van der Waals surface area contributed by atoms with Crippen molar-refractivity contribution in [3.8, 4) is 0 Å². The molecule has 1 aliphatic carbocycles. The molecule has 0 aromatic carbocycles. The number of pyridine rings is 1. The summed E-state index contributed by atoms with van der Waals surface area (Å²) < 4.78 is 1.25. The second-order valence-electron chi connectivity index (χ2n) is 4.75. The van der Waals surface area contributed by atoms with Crippen LogP contribution in [0.5, 0.6) is 0 Å². The Labute approximate surface area is 99.7 Å². The van der Waals surface area contributed by atoms with E-state index in [4.69, 9.17) is 4.98 Å². The van der Waals surface area contributed by atoms with Crippen molar-refractivity contribution in [2.24, 2.45) is 0 Å². The minimum Gasteiger partial charge on any atom is -0.232 e. The average molecular weight is 232 g/mol. The van der Waals surface area contributed by atoms with E-state index in [1.54, 1.807) is 0 Å². The monoisotopic (exact) mass is 232 g/mol. The maximum atomic E-state index is 4.70. The minimum atomic E-state index is 0.708. The number of hydrogen-bond donors (Lipinski definition) is 0. The Kier molecular flexibility index (Phi) is 2.43. The van der Waals surface area contributed by atoms with Crippen molar-refractivity contribution in [2.75, 3.05) is 0 Å². The maximum Gasteiger partial charge on any atom is 0.170 e. The van der Waals surface area contributed by atoms with E-state index < -0.39 is 0 Å². The maximum absolute atomic E-state index is 4.70. The molecular formula is C13H16N2S. The third-order valence-corrected chi connectivity index (χ3v) is 4.70. The van der Waals surface area contributed by atoms with Gasteiger partial charge in [-0.05, 0) is 38.3 Å². The molecule has 0 amide bonds. The van der Waals surface area contributed by atoms with E-state index in [1.807, 2.05) is 11.3 Å². The third kappa shape index (κ3) is 1.63. The van der Waals surface area contributed by atoms with Crippen LogP contribution in [-0.4, -0.2) is 9.97 Å². The molecule has 0 unspecified atom stereocenters. The molecule has 2 heterocycles. The van der Waals surface area contributed by atoms with Gasteiger partial charge in [0, 0.05) is 11.6 Å². The molecule has 0 N–H and O–H groups in total. The standard InChI is InChI=1S/C13H16N2S/c1-8-7-11-12(14-9(8)2)15-13(16-11)10-5-3-4-6-10/h7,10H,3-6H2,1-2H3. The van der Waals surface area contributed by atoms with Crippen LogP contribution in [0.4, 0.5) is 0 Å². The molecule has 3 heteroatoms. The zero-order chi connectivity index (χ0) is 11.1. The summed E-state index contributed by atoms with van der Waals surface area (Å²) >= 11 is 1.84. The predicted octanol–water partition coefficient (Wildman–Crippen LogP) is 3.97. The highest BCUT2D eigenvalue weighted by atomic mass is 32.1. The average Bonchev–Trinajstić information content (AvgIpc) is 2.86. The van der Waals surface area contributed by atoms with Crippen molar-refractivity contribution < 1.29 is 0 Å². The number of hydrogen-bond acceptors (Lipinski definition) is 3. The van der Waals surface area contributed by atoms with E-state index in [0.717, 1.165) is 11.3 Å². The summed E-state index contributed by atoms with van der Waals surface area (Å²) in [5.74, 6) is 0.708. The molecule has 0 radical (unpaired) electrons. The number of aromatic nitrogens is 2. The molecule has 16 heavy (non-hydrogen) atoms. The quantitative estimate of drug-likeness (QED) is 0.743. The predicted molar refractivity (Wildman–Crippen MR) is 68.1 cm³/mol. The Morgan fingerprint density at radius 3 is 2.69 bits per heavy atom. The number of aryl methyl sites for hydroxylation is 2. The SMILES string of the molecule is Cc1cc2sc(C3CCCC3)nc2nc1C. The van der Waals surface area contributed by atoms with Gasteiger partial charge in [-0.25, -0.2) is 9.97 Å². The highest BCUT2D eigenvalue weighted by Crippen LogP contribution is 2.37. The molecular weight excluding hydrogens is 216 g/mol. The number of fused-ring (bicyclic) bond motifs is 1. The number of rotatable bonds is 1. The van der Waals surface area contributed by atoms with Crippen LogP contribution in [0.15, 0.2) is 6.07 Å². The highest BCUT2D eigenvalue weighted by Gasteiger charge is 2.21. The van der Waals surface area contributed by atoms with Crippen molar-refractivity contribution in [3.63, 3.8) is 0 Å². The van der Waals surface area contributed by atoms with Gasteiger partial charge in [-0.3, -0.25) is 0 Å². The minimum absolute atomic E-state index is 0.708. The molecule has 2 aromatic rings. The summed E-state index contributed by atoms with van der Waals surface area (Å²) in [6.07, 6.45) is 5.37. The molecule has 0 saturated heterocycles. The number of nitrogens with zero attached hydrogens (tertiary/aromatic N) is 2. The van der Waals surface area contributed by atoms with E-state index in [0.29, 0.717) is 5.92 Å². The van der Waals surface area contributed by atoms with Gasteiger partial charge in [-0.1, -0.05) is 12.8 Å². The third-order valence-electron chi connectivity index (χ3n) is 3.55. The smallest absolute Gasteiger partial charge is 0.170 e. The summed E-state index contributed by atoms with van der Waals surface area (Å²) in [6.45, 7) is 4.18. The van der Waals surface area contributed by atoms with Crippen LogP contribution in [0.3, 0.4) is 0 Å². The van der Waals surface area contributed by atoms with Crippen LogP contribution in [0.25, 0.3) is 10.3 Å². The molecule has 1 saturated carbocycles. The van der Waals surface area contributed by atoms with Crippen molar-refractivity contribution >= 4 is 21.7 Å². The lowest BCUT2D eigenvalue weighted by Crippen LogP contribution is -1.91. The molecule has 1 fully saturated rings. The molecule has 0 atom stereocenters. The molecule has 0 bridgehead atoms. The first-order valence-electron chi connectivity index (χ1n) is 5.99. The molecule has 84 valence electrons. The fourth-order valence-electron chi connectivity index (χ4n) is 2.41. The first-order valence-corrected chi connectivity index (χ1v) is 6.80. The van der Waals surface area contributed by atoms with Gasteiger partial charge < -0.3 is 0 Å². The lowest BCUT2D eigenvalue weighted by molar-refractivity contribution is 0.718. The van der Waals surface area contributed by atoms with Crippen molar-refractivity contribution in [1.29, 1.82) is 0 Å². The van der Waals surface area contributed by atoms with Gasteiger partial charge >= 0.3 is 0 Å². The highest BCUT2D eigenvalue weighted by molar-refractivity contribution is 7.18. The van der Waals surface area contributed by atoms with Crippen molar-refractivity contribution in [3.05, 3.63) is 22.3 Å². The molecule has 1 aliphatic rings. The fraction of sp³-hybridized carbons (Fsp3) is 0.538. The van der Waals surface area contributed by atoms with Gasteiger partial charge in [0.25, 0.3) is 0 Å². The first-order chi connectivity index (χ1) is 7.74. The normalized spacial score (nSPS) is 17.4. The number of thiazole rings is 1. The lowest BCUT2D eigenvalue weighted by Gasteiger charge is -2.01. The zero-order valence-corrected chi connectivity index (χ0v) is 10.6.